The van der Waals surface area contributed by atoms with Gasteiger partial charge in [-0.15, -0.1) is 11.3 Å². The Hall–Kier alpha value is -2.61. The van der Waals surface area contributed by atoms with Crippen LogP contribution < -0.4 is 10.1 Å². The standard InChI is InChI=1S/C17H13F3N2O2S/c1-10-21-14-7-4-12(8-15(14)25-10)22-16(23)9-24-13-5-2-11(3-6-13)17(18,19)20/h2-8H,9H2,1H3,(H,22,23). The van der Waals surface area contributed by atoms with Crippen LogP contribution in [0.5, 0.6) is 5.75 Å². The van der Waals surface area contributed by atoms with Crippen LogP contribution >= 0.6 is 11.3 Å². The fraction of sp³-hybridized carbons (Fsp3) is 0.176. The van der Waals surface area contributed by atoms with Gasteiger partial charge in [0, 0.05) is 5.69 Å². The van der Waals surface area contributed by atoms with Crippen LogP contribution in [0.15, 0.2) is 42.5 Å². The minimum Gasteiger partial charge on any atom is -0.484 e. The molecule has 0 fully saturated rings. The molecule has 0 bridgehead atoms. The van der Waals surface area contributed by atoms with E-state index in [0.29, 0.717) is 5.69 Å². The molecule has 0 spiro atoms. The van der Waals surface area contributed by atoms with Crippen LogP contribution in [0.1, 0.15) is 10.6 Å². The summed E-state index contributed by atoms with van der Waals surface area (Å²) in [6, 6.07) is 9.55. The number of rotatable bonds is 4. The summed E-state index contributed by atoms with van der Waals surface area (Å²) in [7, 11) is 0. The van der Waals surface area contributed by atoms with E-state index < -0.39 is 17.6 Å². The Balaban J connectivity index is 1.58. The second-order valence-corrected chi connectivity index (χ2v) is 6.51. The number of nitrogens with one attached hydrogen (secondary N) is 1. The van der Waals surface area contributed by atoms with Crippen molar-refractivity contribution in [3.8, 4) is 5.75 Å². The van der Waals surface area contributed by atoms with E-state index in [9.17, 15) is 18.0 Å². The molecule has 0 unspecified atom stereocenters. The number of halogens is 3. The quantitative estimate of drug-likeness (QED) is 0.732. The molecule has 0 radical (unpaired) electrons. The predicted molar refractivity (Wildman–Crippen MR) is 89.9 cm³/mol. The first kappa shape index (κ1) is 17.2. The molecule has 8 heteroatoms. The van der Waals surface area contributed by atoms with E-state index in [1.807, 2.05) is 19.1 Å². The molecule has 25 heavy (non-hydrogen) atoms. The number of alkyl halides is 3. The molecule has 4 nitrogen and oxygen atoms in total. The monoisotopic (exact) mass is 366 g/mol. The zero-order valence-corrected chi connectivity index (χ0v) is 13.9. The first-order valence-electron chi connectivity index (χ1n) is 7.28. The highest BCUT2D eigenvalue weighted by Gasteiger charge is 2.30. The minimum absolute atomic E-state index is 0.191. The smallest absolute Gasteiger partial charge is 0.416 e. The Morgan fingerprint density at radius 2 is 1.92 bits per heavy atom. The lowest BCUT2D eigenvalue weighted by molar-refractivity contribution is -0.137. The fourth-order valence-corrected chi connectivity index (χ4v) is 3.07. The number of fused-ring (bicyclic) bond motifs is 1. The third-order valence-corrected chi connectivity index (χ3v) is 4.26. The van der Waals surface area contributed by atoms with Crippen LogP contribution in [-0.4, -0.2) is 17.5 Å². The van der Waals surface area contributed by atoms with Gasteiger partial charge in [0.25, 0.3) is 5.91 Å². The summed E-state index contributed by atoms with van der Waals surface area (Å²) in [5.41, 5.74) is 0.705. The average molecular weight is 366 g/mol. The second kappa shape index (κ2) is 6.72. The van der Waals surface area contributed by atoms with Crippen molar-refractivity contribution < 1.29 is 22.7 Å². The maximum Gasteiger partial charge on any atom is 0.416 e. The zero-order chi connectivity index (χ0) is 18.0. The molecule has 0 aliphatic carbocycles. The molecule has 3 aromatic rings. The van der Waals surface area contributed by atoms with E-state index >= 15 is 0 Å². The summed E-state index contributed by atoms with van der Waals surface area (Å²) in [6.07, 6.45) is -4.40. The predicted octanol–water partition coefficient (Wildman–Crippen LogP) is 4.64. The van der Waals surface area contributed by atoms with Crippen molar-refractivity contribution in [3.63, 3.8) is 0 Å². The number of hydrogen-bond donors (Lipinski definition) is 1. The van der Waals surface area contributed by atoms with Crippen molar-refractivity contribution in [3.05, 3.63) is 53.0 Å². The topological polar surface area (TPSA) is 51.2 Å². The van der Waals surface area contributed by atoms with Crippen LogP contribution in [0.25, 0.3) is 10.2 Å². The molecule has 0 saturated heterocycles. The highest BCUT2D eigenvalue weighted by molar-refractivity contribution is 7.18. The van der Waals surface area contributed by atoms with Gasteiger partial charge >= 0.3 is 6.18 Å². The normalized spacial score (nSPS) is 11.5. The first-order chi connectivity index (χ1) is 11.8. The maximum absolute atomic E-state index is 12.5. The molecule has 0 saturated carbocycles. The van der Waals surface area contributed by atoms with Crippen molar-refractivity contribution in [2.24, 2.45) is 0 Å². The van der Waals surface area contributed by atoms with Gasteiger partial charge in [-0.1, -0.05) is 0 Å². The van der Waals surface area contributed by atoms with Crippen molar-refractivity contribution in [1.82, 2.24) is 4.98 Å². The van der Waals surface area contributed by atoms with E-state index in [0.717, 1.165) is 27.4 Å². The van der Waals surface area contributed by atoms with E-state index in [1.54, 1.807) is 6.07 Å². The van der Waals surface area contributed by atoms with E-state index in [2.05, 4.69) is 10.3 Å². The molecule has 1 amide bonds. The first-order valence-corrected chi connectivity index (χ1v) is 8.10. The van der Waals surface area contributed by atoms with Gasteiger partial charge in [-0.25, -0.2) is 4.98 Å². The van der Waals surface area contributed by atoms with Gasteiger partial charge in [-0.3, -0.25) is 4.79 Å². The Morgan fingerprint density at radius 1 is 1.20 bits per heavy atom. The van der Waals surface area contributed by atoms with Crippen LogP contribution in [0.2, 0.25) is 0 Å². The van der Waals surface area contributed by atoms with Gasteiger partial charge in [0.05, 0.1) is 20.8 Å². The van der Waals surface area contributed by atoms with Gasteiger partial charge in [-0.2, -0.15) is 13.2 Å². The van der Waals surface area contributed by atoms with Crippen LogP contribution in [-0.2, 0) is 11.0 Å². The van der Waals surface area contributed by atoms with E-state index in [4.69, 9.17) is 4.74 Å². The number of ether oxygens (including phenoxy) is 1. The van der Waals surface area contributed by atoms with Gasteiger partial charge in [-0.05, 0) is 49.4 Å². The Kier molecular flexibility index (Phi) is 4.63. The summed E-state index contributed by atoms with van der Waals surface area (Å²) in [5, 5.41) is 3.62. The molecule has 1 aromatic heterocycles. The third-order valence-electron chi connectivity index (χ3n) is 3.33. The SMILES string of the molecule is Cc1nc2ccc(NC(=O)COc3ccc(C(F)(F)F)cc3)cc2s1. The van der Waals surface area contributed by atoms with E-state index in [-0.39, 0.29) is 12.4 Å². The minimum atomic E-state index is -4.40. The van der Waals surface area contributed by atoms with Crippen LogP contribution in [0.4, 0.5) is 18.9 Å². The zero-order valence-electron chi connectivity index (χ0n) is 13.1. The number of thiazole rings is 1. The number of carbonyl (C=O) groups excluding carboxylic acids is 1. The summed E-state index contributed by atoms with van der Waals surface area (Å²) < 4.78 is 43.6. The van der Waals surface area contributed by atoms with Crippen molar-refractivity contribution in [1.29, 1.82) is 0 Å². The Bertz CT molecular complexity index is 904. The highest BCUT2D eigenvalue weighted by atomic mass is 32.1. The largest absolute Gasteiger partial charge is 0.484 e. The van der Waals surface area contributed by atoms with Gasteiger partial charge in [0.15, 0.2) is 6.61 Å². The average Bonchev–Trinajstić information content (AvgIpc) is 2.92. The number of hydrogen-bond acceptors (Lipinski definition) is 4. The lowest BCUT2D eigenvalue weighted by Gasteiger charge is -2.09. The van der Waals surface area contributed by atoms with Gasteiger partial charge in [0.1, 0.15) is 5.75 Å². The lowest BCUT2D eigenvalue weighted by atomic mass is 10.2. The molecule has 2 aromatic carbocycles. The summed E-state index contributed by atoms with van der Waals surface area (Å²) >= 11 is 1.52. The van der Waals surface area contributed by atoms with Crippen molar-refractivity contribution >= 4 is 33.1 Å². The number of amides is 1. The molecular formula is C17H13F3N2O2S. The highest BCUT2D eigenvalue weighted by Crippen LogP contribution is 2.30. The number of nitrogens with zero attached hydrogens (tertiary/aromatic N) is 1. The maximum atomic E-state index is 12.5. The molecule has 1 heterocycles. The Morgan fingerprint density at radius 3 is 2.60 bits per heavy atom. The second-order valence-electron chi connectivity index (χ2n) is 5.27. The number of benzene rings is 2. The molecule has 1 N–H and O–H groups in total. The van der Waals surface area contributed by atoms with Crippen LogP contribution in [0.3, 0.4) is 0 Å². The van der Waals surface area contributed by atoms with Crippen molar-refractivity contribution in [2.75, 3.05) is 11.9 Å². The molecular weight excluding hydrogens is 353 g/mol. The summed E-state index contributed by atoms with van der Waals surface area (Å²) in [5.74, 6) is -0.211. The number of aryl methyl sites for hydroxylation is 1. The number of carbonyl (C=O) groups is 1. The lowest BCUT2D eigenvalue weighted by Crippen LogP contribution is -2.20. The molecule has 0 atom stereocenters. The van der Waals surface area contributed by atoms with Crippen molar-refractivity contribution in [2.45, 2.75) is 13.1 Å². The van der Waals surface area contributed by atoms with Crippen LogP contribution in [0, 0.1) is 6.92 Å². The molecule has 130 valence electrons. The molecule has 3 rings (SSSR count). The fourth-order valence-electron chi connectivity index (χ4n) is 2.20. The Labute approximate surface area is 145 Å². The van der Waals surface area contributed by atoms with Gasteiger partial charge in [0.2, 0.25) is 0 Å². The number of aromatic nitrogens is 1. The summed E-state index contributed by atoms with van der Waals surface area (Å²) in [4.78, 5) is 16.3. The third kappa shape index (κ3) is 4.27. The number of anilines is 1. The summed E-state index contributed by atoms with van der Waals surface area (Å²) in [6.45, 7) is 1.60. The van der Waals surface area contributed by atoms with Gasteiger partial charge < -0.3 is 10.1 Å². The van der Waals surface area contributed by atoms with E-state index in [1.165, 1.54) is 23.5 Å². The molecule has 0 aliphatic heterocycles. The molecule has 0 aliphatic rings.